The Morgan fingerprint density at radius 2 is 2.22 bits per heavy atom. The zero-order valence-electron chi connectivity index (χ0n) is 13.9. The Hall–Kier alpha value is -0.990. The van der Waals surface area contributed by atoms with Gasteiger partial charge in [0.15, 0.2) is 0 Å². The van der Waals surface area contributed by atoms with Crippen LogP contribution in [0.2, 0.25) is 0 Å². The first-order valence-electron chi connectivity index (χ1n) is 7.94. The molecule has 0 unspecified atom stereocenters. The molecule has 0 bridgehead atoms. The van der Waals surface area contributed by atoms with Gasteiger partial charge in [-0.15, -0.1) is 11.3 Å². The molecule has 6 nitrogen and oxygen atoms in total. The van der Waals surface area contributed by atoms with E-state index >= 15 is 0 Å². The van der Waals surface area contributed by atoms with E-state index < -0.39 is 10.0 Å². The molecule has 1 aromatic rings. The molecule has 23 heavy (non-hydrogen) atoms. The summed E-state index contributed by atoms with van der Waals surface area (Å²) >= 11 is 1.58. The number of likely N-dealkylation sites (tertiary alicyclic amines) is 1. The number of aromatic nitrogens is 1. The van der Waals surface area contributed by atoms with Gasteiger partial charge in [0.25, 0.3) is 0 Å². The van der Waals surface area contributed by atoms with Crippen LogP contribution in [-0.4, -0.2) is 49.6 Å². The number of carbonyl (C=O) groups is 1. The third kappa shape index (κ3) is 5.26. The lowest BCUT2D eigenvalue weighted by Crippen LogP contribution is -2.40. The molecule has 1 fully saturated rings. The number of hydrogen-bond acceptors (Lipinski definition) is 5. The Bertz CT molecular complexity index is 642. The number of nitrogens with zero attached hydrogens (tertiary/aromatic N) is 2. The first kappa shape index (κ1) is 18.4. The number of sulfonamides is 1. The third-order valence-electron chi connectivity index (χ3n) is 4.23. The standard InChI is InChI=1S/C15H25N3O3S2/c1-4-5-12-8-18(9-13(12)17-23(3,20)21)15(19)7-6-14-11(2)16-10-22-14/h10,12-13,17H,4-9H2,1-3H3/t12-,13-/m1/s1. The van der Waals surface area contributed by atoms with Gasteiger partial charge in [0, 0.05) is 30.4 Å². The van der Waals surface area contributed by atoms with E-state index in [-0.39, 0.29) is 17.9 Å². The smallest absolute Gasteiger partial charge is 0.222 e. The van der Waals surface area contributed by atoms with E-state index in [1.807, 2.05) is 6.92 Å². The van der Waals surface area contributed by atoms with Crippen molar-refractivity contribution in [3.63, 3.8) is 0 Å². The van der Waals surface area contributed by atoms with Gasteiger partial charge in [0.2, 0.25) is 15.9 Å². The van der Waals surface area contributed by atoms with Crippen molar-refractivity contribution in [2.45, 2.75) is 45.6 Å². The summed E-state index contributed by atoms with van der Waals surface area (Å²) < 4.78 is 25.7. The number of carbonyl (C=O) groups excluding carboxylic acids is 1. The van der Waals surface area contributed by atoms with Crippen LogP contribution in [0.25, 0.3) is 0 Å². The Morgan fingerprint density at radius 1 is 1.48 bits per heavy atom. The Kier molecular flexibility index (Phi) is 6.16. The molecule has 2 rings (SSSR count). The average molecular weight is 360 g/mol. The molecule has 1 amide bonds. The second kappa shape index (κ2) is 7.72. The van der Waals surface area contributed by atoms with E-state index in [4.69, 9.17) is 0 Å². The molecule has 1 aliphatic rings. The second-order valence-corrected chi connectivity index (χ2v) is 8.92. The van der Waals surface area contributed by atoms with E-state index in [2.05, 4.69) is 16.6 Å². The van der Waals surface area contributed by atoms with Crippen LogP contribution in [0.3, 0.4) is 0 Å². The summed E-state index contributed by atoms with van der Waals surface area (Å²) in [6, 6.07) is -0.168. The predicted octanol–water partition coefficient (Wildman–Crippen LogP) is 1.56. The van der Waals surface area contributed by atoms with Crippen LogP contribution in [0.5, 0.6) is 0 Å². The van der Waals surface area contributed by atoms with Gasteiger partial charge in [-0.05, 0) is 25.7 Å². The lowest BCUT2D eigenvalue weighted by atomic mass is 9.99. The maximum absolute atomic E-state index is 12.4. The summed E-state index contributed by atoms with van der Waals surface area (Å²) in [5, 5.41) is 0. The van der Waals surface area contributed by atoms with Crippen LogP contribution >= 0.6 is 11.3 Å². The summed E-state index contributed by atoms with van der Waals surface area (Å²) in [5.74, 6) is 0.292. The van der Waals surface area contributed by atoms with Crippen molar-refractivity contribution in [3.05, 3.63) is 16.1 Å². The van der Waals surface area contributed by atoms with Gasteiger partial charge in [-0.25, -0.2) is 18.1 Å². The number of hydrogen-bond donors (Lipinski definition) is 1. The molecule has 0 saturated carbocycles. The quantitative estimate of drug-likeness (QED) is 0.801. The van der Waals surface area contributed by atoms with Gasteiger partial charge in [-0.2, -0.15) is 0 Å². The van der Waals surface area contributed by atoms with Crippen molar-refractivity contribution in [2.75, 3.05) is 19.3 Å². The number of thiazole rings is 1. The molecule has 1 aromatic heterocycles. The van der Waals surface area contributed by atoms with Crippen molar-refractivity contribution in [1.82, 2.24) is 14.6 Å². The highest BCUT2D eigenvalue weighted by Crippen LogP contribution is 2.24. The first-order valence-corrected chi connectivity index (χ1v) is 10.7. The van der Waals surface area contributed by atoms with Crippen LogP contribution in [0, 0.1) is 12.8 Å². The molecule has 1 aliphatic heterocycles. The minimum absolute atomic E-state index is 0.0942. The van der Waals surface area contributed by atoms with Gasteiger partial charge in [-0.1, -0.05) is 13.3 Å². The minimum atomic E-state index is -3.26. The topological polar surface area (TPSA) is 79.4 Å². The Morgan fingerprint density at radius 3 is 2.78 bits per heavy atom. The molecule has 0 aliphatic carbocycles. The average Bonchev–Trinajstić information content (AvgIpc) is 3.02. The normalized spacial score (nSPS) is 21.8. The van der Waals surface area contributed by atoms with Crippen molar-refractivity contribution >= 4 is 27.3 Å². The highest BCUT2D eigenvalue weighted by Gasteiger charge is 2.35. The monoisotopic (exact) mass is 359 g/mol. The fourth-order valence-electron chi connectivity index (χ4n) is 3.09. The lowest BCUT2D eigenvalue weighted by Gasteiger charge is -2.17. The van der Waals surface area contributed by atoms with Crippen molar-refractivity contribution in [1.29, 1.82) is 0 Å². The predicted molar refractivity (Wildman–Crippen MR) is 91.9 cm³/mol. The lowest BCUT2D eigenvalue weighted by molar-refractivity contribution is -0.130. The van der Waals surface area contributed by atoms with E-state index in [1.165, 1.54) is 6.26 Å². The van der Waals surface area contributed by atoms with Gasteiger partial charge in [0.05, 0.1) is 17.5 Å². The summed E-state index contributed by atoms with van der Waals surface area (Å²) in [4.78, 5) is 19.6. The molecule has 0 radical (unpaired) electrons. The highest BCUT2D eigenvalue weighted by molar-refractivity contribution is 7.88. The van der Waals surface area contributed by atoms with Crippen LogP contribution < -0.4 is 4.72 Å². The zero-order chi connectivity index (χ0) is 17.0. The van der Waals surface area contributed by atoms with E-state index in [9.17, 15) is 13.2 Å². The first-order chi connectivity index (χ1) is 10.8. The highest BCUT2D eigenvalue weighted by atomic mass is 32.2. The maximum Gasteiger partial charge on any atom is 0.222 e. The molecular formula is C15H25N3O3S2. The summed E-state index contributed by atoms with van der Waals surface area (Å²) in [6.07, 6.45) is 4.23. The molecule has 2 heterocycles. The van der Waals surface area contributed by atoms with Crippen LogP contribution in [-0.2, 0) is 21.2 Å². The summed E-state index contributed by atoms with van der Waals surface area (Å²) in [7, 11) is -3.26. The fraction of sp³-hybridized carbons (Fsp3) is 0.733. The number of amides is 1. The maximum atomic E-state index is 12.4. The zero-order valence-corrected chi connectivity index (χ0v) is 15.5. The van der Waals surface area contributed by atoms with Gasteiger partial charge in [0.1, 0.15) is 0 Å². The number of nitrogens with one attached hydrogen (secondary N) is 1. The second-order valence-electron chi connectivity index (χ2n) is 6.20. The Balaban J connectivity index is 1.94. The minimum Gasteiger partial charge on any atom is -0.341 e. The third-order valence-corrected chi connectivity index (χ3v) is 5.96. The van der Waals surface area contributed by atoms with Crippen molar-refractivity contribution < 1.29 is 13.2 Å². The molecule has 130 valence electrons. The van der Waals surface area contributed by atoms with Crippen molar-refractivity contribution in [2.24, 2.45) is 5.92 Å². The molecule has 2 atom stereocenters. The fourth-order valence-corrected chi connectivity index (χ4v) is 4.69. The van der Waals surface area contributed by atoms with Crippen LogP contribution in [0.15, 0.2) is 5.51 Å². The molecule has 0 spiro atoms. The van der Waals surface area contributed by atoms with Gasteiger partial charge in [-0.3, -0.25) is 4.79 Å². The Labute approximate surface area is 142 Å². The number of rotatable bonds is 7. The number of aryl methyl sites for hydroxylation is 2. The van der Waals surface area contributed by atoms with Gasteiger partial charge < -0.3 is 4.90 Å². The SMILES string of the molecule is CCC[C@@H]1CN(C(=O)CCc2scnc2C)C[C@H]1NS(C)(=O)=O. The summed E-state index contributed by atoms with van der Waals surface area (Å²) in [5.41, 5.74) is 2.79. The molecule has 1 saturated heterocycles. The van der Waals surface area contributed by atoms with Crippen LogP contribution in [0.4, 0.5) is 0 Å². The molecular weight excluding hydrogens is 334 g/mol. The van der Waals surface area contributed by atoms with E-state index in [0.29, 0.717) is 25.9 Å². The van der Waals surface area contributed by atoms with Gasteiger partial charge >= 0.3 is 0 Å². The largest absolute Gasteiger partial charge is 0.341 e. The van der Waals surface area contributed by atoms with E-state index in [0.717, 1.165) is 23.4 Å². The molecule has 8 heteroatoms. The van der Waals surface area contributed by atoms with E-state index in [1.54, 1.807) is 21.7 Å². The van der Waals surface area contributed by atoms with Crippen LogP contribution in [0.1, 0.15) is 36.8 Å². The summed E-state index contributed by atoms with van der Waals surface area (Å²) in [6.45, 7) is 5.14. The van der Waals surface area contributed by atoms with Crippen molar-refractivity contribution in [3.8, 4) is 0 Å². The molecule has 0 aromatic carbocycles. The molecule has 1 N–H and O–H groups in total.